The molecule has 1 aliphatic rings. The molecule has 2 aromatic heterocycles. The van der Waals surface area contributed by atoms with Crippen LogP contribution < -0.4 is 0 Å². The van der Waals surface area contributed by atoms with Crippen molar-refractivity contribution >= 4 is 28.8 Å². The summed E-state index contributed by atoms with van der Waals surface area (Å²) in [4.78, 5) is 17.1. The minimum Gasteiger partial charge on any atom is -0.385 e. The molecule has 1 atom stereocenters. The lowest BCUT2D eigenvalue weighted by molar-refractivity contribution is 0.0750. The highest BCUT2D eigenvalue weighted by Gasteiger charge is 2.24. The van der Waals surface area contributed by atoms with Crippen LogP contribution in [0, 0.1) is 0 Å². The number of aromatic nitrogens is 2. The molecule has 8 heteroatoms. The molecule has 0 radical (unpaired) electrons. The molecule has 1 unspecified atom stereocenters. The van der Waals surface area contributed by atoms with E-state index in [1.807, 2.05) is 34.6 Å². The number of hydrogen-bond acceptors (Lipinski definition) is 5. The number of thiophene rings is 1. The molecule has 24 heavy (non-hydrogen) atoms. The minimum absolute atomic E-state index is 0.00283. The number of carbonyl (C=O) groups excluding carboxylic acids is 1. The van der Waals surface area contributed by atoms with Crippen molar-refractivity contribution < 1.29 is 9.90 Å². The second kappa shape index (κ2) is 7.23. The summed E-state index contributed by atoms with van der Waals surface area (Å²) in [5.74, 6) is -0.00283. The topological polar surface area (TPSA) is 61.6 Å². The third-order valence-electron chi connectivity index (χ3n) is 3.98. The van der Waals surface area contributed by atoms with Crippen molar-refractivity contribution in [1.29, 1.82) is 0 Å². The standard InChI is InChI=1S/C16H21ClN4O2S/c1-19(2)10-13(22)12-8-11-9-20(6-3-7-21(11)18-12)16(23)14-4-5-15(17)24-14/h4-5,8,13,22H,3,6-7,9-10H2,1-2H3. The number of rotatable bonds is 4. The van der Waals surface area contributed by atoms with E-state index in [-0.39, 0.29) is 5.91 Å². The number of aliphatic hydroxyl groups excluding tert-OH is 1. The number of amides is 1. The van der Waals surface area contributed by atoms with E-state index in [1.54, 1.807) is 12.1 Å². The molecule has 0 aliphatic carbocycles. The van der Waals surface area contributed by atoms with Crippen LogP contribution in [0.3, 0.4) is 0 Å². The average molecular weight is 369 g/mol. The van der Waals surface area contributed by atoms with Crippen LogP contribution in [-0.4, -0.2) is 57.8 Å². The Morgan fingerprint density at radius 3 is 2.92 bits per heavy atom. The summed E-state index contributed by atoms with van der Waals surface area (Å²) in [6.45, 7) is 2.45. The van der Waals surface area contributed by atoms with Gasteiger partial charge in [0, 0.05) is 19.6 Å². The lowest BCUT2D eigenvalue weighted by Gasteiger charge is -2.19. The van der Waals surface area contributed by atoms with E-state index in [0.29, 0.717) is 34.5 Å². The second-order valence-corrected chi connectivity index (χ2v) is 7.96. The van der Waals surface area contributed by atoms with Gasteiger partial charge in [-0.25, -0.2) is 0 Å². The van der Waals surface area contributed by atoms with Crippen LogP contribution in [-0.2, 0) is 13.1 Å². The fraction of sp³-hybridized carbons (Fsp3) is 0.500. The van der Waals surface area contributed by atoms with Crippen molar-refractivity contribution in [3.8, 4) is 0 Å². The zero-order valence-corrected chi connectivity index (χ0v) is 15.3. The minimum atomic E-state index is -0.625. The van der Waals surface area contributed by atoms with Crippen LogP contribution in [0.1, 0.15) is 33.6 Å². The largest absolute Gasteiger partial charge is 0.385 e. The van der Waals surface area contributed by atoms with Crippen LogP contribution in [0.4, 0.5) is 0 Å². The van der Waals surface area contributed by atoms with Crippen LogP contribution >= 0.6 is 22.9 Å². The molecule has 130 valence electrons. The number of fused-ring (bicyclic) bond motifs is 1. The first-order chi connectivity index (χ1) is 11.4. The predicted molar refractivity (Wildman–Crippen MR) is 94.4 cm³/mol. The van der Waals surface area contributed by atoms with Gasteiger partial charge in [0.2, 0.25) is 0 Å². The predicted octanol–water partition coefficient (Wildman–Crippen LogP) is 2.24. The molecule has 1 N–H and O–H groups in total. The number of aryl methyl sites for hydroxylation is 1. The van der Waals surface area contributed by atoms with Crippen molar-refractivity contribution in [1.82, 2.24) is 19.6 Å². The zero-order valence-electron chi connectivity index (χ0n) is 13.8. The first-order valence-electron chi connectivity index (χ1n) is 7.88. The van der Waals surface area contributed by atoms with E-state index in [9.17, 15) is 9.90 Å². The number of carbonyl (C=O) groups is 1. The SMILES string of the molecule is CN(C)CC(O)c1cc2n(n1)CCCN(C(=O)c1ccc(Cl)s1)C2. The maximum Gasteiger partial charge on any atom is 0.264 e. The smallest absolute Gasteiger partial charge is 0.264 e. The Kier molecular flexibility index (Phi) is 5.24. The van der Waals surface area contributed by atoms with E-state index in [2.05, 4.69) is 5.10 Å². The summed E-state index contributed by atoms with van der Waals surface area (Å²) in [7, 11) is 3.83. The molecule has 3 heterocycles. The Labute approximate surface area is 150 Å². The van der Waals surface area contributed by atoms with Gasteiger partial charge < -0.3 is 14.9 Å². The molecular formula is C16H21ClN4O2S. The molecule has 0 aromatic carbocycles. The van der Waals surface area contributed by atoms with Gasteiger partial charge in [-0.2, -0.15) is 5.10 Å². The lowest BCUT2D eigenvalue weighted by atomic mass is 10.2. The number of hydrogen-bond donors (Lipinski definition) is 1. The summed E-state index contributed by atoms with van der Waals surface area (Å²) >= 11 is 7.24. The number of nitrogens with zero attached hydrogens (tertiary/aromatic N) is 4. The van der Waals surface area contributed by atoms with E-state index < -0.39 is 6.10 Å². The van der Waals surface area contributed by atoms with Crippen LogP contribution in [0.2, 0.25) is 4.34 Å². The van der Waals surface area contributed by atoms with Gasteiger partial charge in [-0.05, 0) is 38.7 Å². The molecule has 1 amide bonds. The molecule has 3 rings (SSSR count). The Morgan fingerprint density at radius 2 is 2.25 bits per heavy atom. The van der Waals surface area contributed by atoms with E-state index in [0.717, 1.165) is 18.7 Å². The van der Waals surface area contributed by atoms with Crippen molar-refractivity contribution in [2.75, 3.05) is 27.2 Å². The number of likely N-dealkylation sites (N-methyl/N-ethyl adjacent to an activating group) is 1. The first kappa shape index (κ1) is 17.4. The van der Waals surface area contributed by atoms with Gasteiger partial charge in [0.25, 0.3) is 5.91 Å². The molecule has 0 saturated carbocycles. The van der Waals surface area contributed by atoms with E-state index in [1.165, 1.54) is 11.3 Å². The summed E-state index contributed by atoms with van der Waals surface area (Å²) in [6.07, 6.45) is 0.211. The molecule has 0 fully saturated rings. The van der Waals surface area contributed by atoms with Gasteiger partial charge in [0.15, 0.2) is 0 Å². The highest BCUT2D eigenvalue weighted by Crippen LogP contribution is 2.25. The summed E-state index contributed by atoms with van der Waals surface area (Å²) in [6, 6.07) is 5.42. The summed E-state index contributed by atoms with van der Waals surface area (Å²) < 4.78 is 2.52. The maximum absolute atomic E-state index is 12.7. The van der Waals surface area contributed by atoms with Crippen LogP contribution in [0.25, 0.3) is 0 Å². The lowest BCUT2D eigenvalue weighted by Crippen LogP contribution is -2.30. The van der Waals surface area contributed by atoms with Crippen molar-refractivity contribution in [2.24, 2.45) is 0 Å². The Morgan fingerprint density at radius 1 is 1.46 bits per heavy atom. The molecular weight excluding hydrogens is 348 g/mol. The van der Waals surface area contributed by atoms with Crippen LogP contribution in [0.15, 0.2) is 18.2 Å². The van der Waals surface area contributed by atoms with Gasteiger partial charge in [0.05, 0.1) is 27.1 Å². The fourth-order valence-corrected chi connectivity index (χ4v) is 3.86. The van der Waals surface area contributed by atoms with Gasteiger partial charge >= 0.3 is 0 Å². The van der Waals surface area contributed by atoms with Gasteiger partial charge in [-0.3, -0.25) is 9.48 Å². The Bertz CT molecular complexity index is 727. The van der Waals surface area contributed by atoms with Gasteiger partial charge in [-0.15, -0.1) is 11.3 Å². The normalized spacial score (nSPS) is 16.1. The zero-order chi connectivity index (χ0) is 17.3. The Hall–Kier alpha value is -1.41. The average Bonchev–Trinajstić information content (AvgIpc) is 3.07. The van der Waals surface area contributed by atoms with E-state index in [4.69, 9.17) is 11.6 Å². The third kappa shape index (κ3) is 3.80. The first-order valence-corrected chi connectivity index (χ1v) is 9.07. The third-order valence-corrected chi connectivity index (χ3v) is 5.20. The fourth-order valence-electron chi connectivity index (χ4n) is 2.85. The Balaban J connectivity index is 1.77. The summed E-state index contributed by atoms with van der Waals surface area (Å²) in [5.41, 5.74) is 1.61. The molecule has 0 bridgehead atoms. The molecule has 1 aliphatic heterocycles. The maximum atomic E-state index is 12.7. The number of aliphatic hydroxyl groups is 1. The second-order valence-electron chi connectivity index (χ2n) is 6.25. The molecule has 0 spiro atoms. The van der Waals surface area contributed by atoms with Crippen LogP contribution in [0.5, 0.6) is 0 Å². The number of halogens is 1. The van der Waals surface area contributed by atoms with Crippen molar-refractivity contribution in [3.63, 3.8) is 0 Å². The van der Waals surface area contributed by atoms with Gasteiger partial charge in [-0.1, -0.05) is 11.6 Å². The highest BCUT2D eigenvalue weighted by molar-refractivity contribution is 7.17. The molecule has 6 nitrogen and oxygen atoms in total. The van der Waals surface area contributed by atoms with Crippen molar-refractivity contribution in [2.45, 2.75) is 25.6 Å². The molecule has 2 aromatic rings. The van der Waals surface area contributed by atoms with Crippen molar-refractivity contribution in [3.05, 3.63) is 38.8 Å². The van der Waals surface area contributed by atoms with E-state index >= 15 is 0 Å². The summed E-state index contributed by atoms with van der Waals surface area (Å²) in [5, 5.41) is 14.8. The molecule has 0 saturated heterocycles. The quantitative estimate of drug-likeness (QED) is 0.899. The highest BCUT2D eigenvalue weighted by atomic mass is 35.5. The van der Waals surface area contributed by atoms with Gasteiger partial charge in [0.1, 0.15) is 6.10 Å². The monoisotopic (exact) mass is 368 g/mol.